The number of hydrogen-bond acceptors (Lipinski definition) is 5. The van der Waals surface area contributed by atoms with Crippen LogP contribution in [-0.2, 0) is 0 Å². The zero-order valence-corrected chi connectivity index (χ0v) is 10.5. The third kappa shape index (κ3) is 2.40. The summed E-state index contributed by atoms with van der Waals surface area (Å²) in [6, 6.07) is 0. The van der Waals surface area contributed by atoms with Gasteiger partial charge < -0.3 is 0 Å². The summed E-state index contributed by atoms with van der Waals surface area (Å²) >= 11 is 0. The van der Waals surface area contributed by atoms with E-state index in [9.17, 15) is 14.7 Å². The second-order valence-corrected chi connectivity index (χ2v) is 8.75. The predicted octanol–water partition coefficient (Wildman–Crippen LogP) is -0.234. The van der Waals surface area contributed by atoms with Crippen LogP contribution >= 0.6 is 7.28 Å². The first-order valence-corrected chi connectivity index (χ1v) is 8.40. The van der Waals surface area contributed by atoms with Gasteiger partial charge in [-0.3, -0.25) is 0 Å². The first-order chi connectivity index (χ1) is 7.49. The summed E-state index contributed by atoms with van der Waals surface area (Å²) in [5, 5.41) is 6.36. The standard InChI is InChI=1S/C10H23N2O3P/c13-16(14,15,9-1-5-11-6-2-9)10-3-7-12-8-4-10/h9-15H,1-8H2. The molecule has 0 aliphatic carbocycles. The third-order valence-corrected chi connectivity index (χ3v) is 7.85. The average Bonchev–Trinajstić information content (AvgIpc) is 2.31. The molecule has 0 radical (unpaired) electrons. The molecule has 5 nitrogen and oxygen atoms in total. The van der Waals surface area contributed by atoms with Gasteiger partial charge in [-0.15, -0.1) is 0 Å². The average molecular weight is 250 g/mol. The minimum atomic E-state index is -4.46. The van der Waals surface area contributed by atoms with Gasteiger partial charge in [-0.25, -0.2) is 0 Å². The van der Waals surface area contributed by atoms with E-state index < -0.39 is 7.28 Å². The Morgan fingerprint density at radius 2 is 1.00 bits per heavy atom. The van der Waals surface area contributed by atoms with Crippen molar-refractivity contribution in [3.05, 3.63) is 0 Å². The van der Waals surface area contributed by atoms with Gasteiger partial charge in [-0.05, 0) is 0 Å². The van der Waals surface area contributed by atoms with E-state index in [-0.39, 0.29) is 11.3 Å². The molecule has 0 bridgehead atoms. The summed E-state index contributed by atoms with van der Waals surface area (Å²) in [6.45, 7) is 3.09. The maximum absolute atomic E-state index is 10.4. The van der Waals surface area contributed by atoms with E-state index in [1.165, 1.54) is 0 Å². The van der Waals surface area contributed by atoms with Crippen LogP contribution in [-0.4, -0.2) is 52.2 Å². The van der Waals surface area contributed by atoms with Gasteiger partial charge in [-0.2, -0.15) is 0 Å². The predicted molar refractivity (Wildman–Crippen MR) is 65.4 cm³/mol. The molecule has 0 saturated carbocycles. The second kappa shape index (κ2) is 4.48. The molecule has 6 heteroatoms. The molecule has 0 aromatic heterocycles. The molecule has 0 spiro atoms. The van der Waals surface area contributed by atoms with Gasteiger partial charge in [0.2, 0.25) is 0 Å². The van der Waals surface area contributed by atoms with E-state index in [1.54, 1.807) is 0 Å². The second-order valence-electron chi connectivity index (χ2n) is 5.07. The fraction of sp³-hybridized carbons (Fsp3) is 1.00. The van der Waals surface area contributed by atoms with Crippen molar-refractivity contribution >= 4 is 7.28 Å². The van der Waals surface area contributed by atoms with Crippen LogP contribution in [0.2, 0.25) is 0 Å². The molecular formula is C10H23N2O3P. The number of nitrogens with one attached hydrogen (secondary N) is 2. The summed E-state index contributed by atoms with van der Waals surface area (Å²) in [5.74, 6) is 0. The molecule has 0 aromatic carbocycles. The summed E-state index contributed by atoms with van der Waals surface area (Å²) < 4.78 is 0. The molecule has 0 aromatic rings. The molecule has 2 aliphatic rings. The van der Waals surface area contributed by atoms with E-state index in [0.29, 0.717) is 25.7 Å². The van der Waals surface area contributed by atoms with Crippen molar-refractivity contribution in [3.63, 3.8) is 0 Å². The van der Waals surface area contributed by atoms with Gasteiger partial charge in [0.25, 0.3) is 0 Å². The van der Waals surface area contributed by atoms with Gasteiger partial charge in [0.05, 0.1) is 0 Å². The van der Waals surface area contributed by atoms with E-state index >= 15 is 0 Å². The molecule has 2 aliphatic heterocycles. The fourth-order valence-electron chi connectivity index (χ4n) is 2.90. The molecular weight excluding hydrogens is 227 g/mol. The quantitative estimate of drug-likeness (QED) is 0.437. The van der Waals surface area contributed by atoms with Gasteiger partial charge in [-0.1, -0.05) is 0 Å². The van der Waals surface area contributed by atoms with Crippen LogP contribution in [0.5, 0.6) is 0 Å². The Hall–Kier alpha value is 0.230. The molecule has 0 amide bonds. The minimum absolute atomic E-state index is 0.310. The first kappa shape index (κ1) is 12.7. The summed E-state index contributed by atoms with van der Waals surface area (Å²) in [4.78, 5) is 31.2. The Balaban J connectivity index is 2.10. The summed E-state index contributed by atoms with van der Waals surface area (Å²) in [5.41, 5.74) is -0.620. The molecule has 96 valence electrons. The molecule has 5 N–H and O–H groups in total. The van der Waals surface area contributed by atoms with Crippen LogP contribution < -0.4 is 10.6 Å². The fourth-order valence-corrected chi connectivity index (χ4v) is 6.00. The van der Waals surface area contributed by atoms with Crippen LogP contribution in [0.1, 0.15) is 25.7 Å². The first-order valence-electron chi connectivity index (χ1n) is 6.16. The number of hydrogen-bond donors (Lipinski definition) is 5. The van der Waals surface area contributed by atoms with E-state index in [1.807, 2.05) is 0 Å². The van der Waals surface area contributed by atoms with Crippen molar-refractivity contribution in [2.45, 2.75) is 37.0 Å². The van der Waals surface area contributed by atoms with Crippen molar-refractivity contribution in [2.24, 2.45) is 0 Å². The van der Waals surface area contributed by atoms with Crippen molar-refractivity contribution in [3.8, 4) is 0 Å². The normalized spacial score (nSPS) is 28.6. The Morgan fingerprint density at radius 3 is 1.31 bits per heavy atom. The zero-order valence-electron chi connectivity index (χ0n) is 9.60. The molecule has 0 unspecified atom stereocenters. The van der Waals surface area contributed by atoms with Gasteiger partial charge >= 0.3 is 95.8 Å². The van der Waals surface area contributed by atoms with Crippen molar-refractivity contribution in [1.82, 2.24) is 10.6 Å². The molecule has 2 rings (SSSR count). The van der Waals surface area contributed by atoms with Gasteiger partial charge in [0.1, 0.15) is 0 Å². The Labute approximate surface area is 96.4 Å². The Kier molecular flexibility index (Phi) is 3.55. The maximum atomic E-state index is 10.4. The molecule has 16 heavy (non-hydrogen) atoms. The van der Waals surface area contributed by atoms with Crippen LogP contribution in [0.4, 0.5) is 0 Å². The SMILES string of the molecule is OP(O)(O)(C1CCNCC1)C1CCNCC1. The van der Waals surface area contributed by atoms with Crippen LogP contribution in [0, 0.1) is 0 Å². The van der Waals surface area contributed by atoms with E-state index in [0.717, 1.165) is 26.2 Å². The van der Waals surface area contributed by atoms with Crippen molar-refractivity contribution in [1.29, 1.82) is 0 Å². The topological polar surface area (TPSA) is 84.8 Å². The molecule has 0 atom stereocenters. The molecule has 2 saturated heterocycles. The monoisotopic (exact) mass is 250 g/mol. The Morgan fingerprint density at radius 1 is 0.688 bits per heavy atom. The van der Waals surface area contributed by atoms with Gasteiger partial charge in [0, 0.05) is 0 Å². The number of piperidine rings is 2. The molecule has 2 fully saturated rings. The van der Waals surface area contributed by atoms with Crippen LogP contribution in [0.3, 0.4) is 0 Å². The van der Waals surface area contributed by atoms with Crippen molar-refractivity contribution < 1.29 is 14.7 Å². The summed E-state index contributed by atoms with van der Waals surface area (Å²) in [7, 11) is -4.46. The Bertz CT molecular complexity index is 220. The summed E-state index contributed by atoms with van der Waals surface area (Å²) in [6.07, 6.45) is 2.69. The van der Waals surface area contributed by atoms with Crippen LogP contribution in [0.25, 0.3) is 0 Å². The third-order valence-electron chi connectivity index (χ3n) is 4.02. The van der Waals surface area contributed by atoms with E-state index in [2.05, 4.69) is 10.6 Å². The van der Waals surface area contributed by atoms with Gasteiger partial charge in [0.15, 0.2) is 0 Å². The van der Waals surface area contributed by atoms with Crippen molar-refractivity contribution in [2.75, 3.05) is 26.2 Å². The van der Waals surface area contributed by atoms with E-state index in [4.69, 9.17) is 0 Å². The zero-order chi connectivity index (χ0) is 11.7. The molecule has 2 heterocycles. The van der Waals surface area contributed by atoms with Crippen LogP contribution in [0.15, 0.2) is 0 Å². The number of rotatable bonds is 2.